The molecular weight excluding hydrogens is 284 g/mol. The number of hydrogen-bond donors (Lipinski definition) is 1. The highest BCUT2D eigenvalue weighted by Gasteiger charge is 2.26. The molecule has 1 aromatic carbocycles. The zero-order chi connectivity index (χ0) is 13.9. The molecule has 4 nitrogen and oxygen atoms in total. The average Bonchev–Trinajstić information content (AvgIpc) is 2.31. The van der Waals surface area contributed by atoms with Gasteiger partial charge in [0.1, 0.15) is 4.90 Å². The van der Waals surface area contributed by atoms with E-state index in [0.29, 0.717) is 18.1 Å². The third kappa shape index (κ3) is 3.41. The van der Waals surface area contributed by atoms with Crippen LogP contribution in [0.5, 0.6) is 0 Å². The van der Waals surface area contributed by atoms with Crippen LogP contribution in [-0.4, -0.2) is 25.8 Å². The summed E-state index contributed by atoms with van der Waals surface area (Å²) in [6.45, 7) is 1.13. The molecule has 1 aliphatic rings. The molecule has 0 amide bonds. The first-order valence-corrected chi connectivity index (χ1v) is 8.39. The van der Waals surface area contributed by atoms with E-state index in [0.717, 1.165) is 25.7 Å². The van der Waals surface area contributed by atoms with Gasteiger partial charge in [0.05, 0.1) is 5.69 Å². The van der Waals surface area contributed by atoms with Crippen molar-refractivity contribution in [1.29, 1.82) is 0 Å². The van der Waals surface area contributed by atoms with Crippen molar-refractivity contribution in [2.45, 2.75) is 37.0 Å². The number of hydrogen-bond acceptors (Lipinski definition) is 3. The highest BCUT2D eigenvalue weighted by Crippen LogP contribution is 2.27. The summed E-state index contributed by atoms with van der Waals surface area (Å²) >= 11 is 5.88. The lowest BCUT2D eigenvalue weighted by Gasteiger charge is -2.24. The van der Waals surface area contributed by atoms with Gasteiger partial charge in [0.25, 0.3) is 0 Å². The van der Waals surface area contributed by atoms with Crippen LogP contribution >= 0.6 is 11.6 Å². The number of nitrogen functional groups attached to an aromatic ring is 1. The normalized spacial score (nSPS) is 18.8. The quantitative estimate of drug-likeness (QED) is 0.854. The predicted octanol–water partition coefficient (Wildman–Crippen LogP) is 2.88. The molecule has 2 N–H and O–H groups in total. The summed E-state index contributed by atoms with van der Waals surface area (Å²) in [5.74, 6) is 0. The Kier molecular flexibility index (Phi) is 4.71. The third-order valence-corrected chi connectivity index (χ3v) is 5.60. The summed E-state index contributed by atoms with van der Waals surface area (Å²) in [6, 6.07) is 4.58. The summed E-state index contributed by atoms with van der Waals surface area (Å²) in [4.78, 5) is 0.126. The highest BCUT2D eigenvalue weighted by molar-refractivity contribution is 7.89. The second kappa shape index (κ2) is 6.11. The maximum absolute atomic E-state index is 12.6. The van der Waals surface area contributed by atoms with E-state index in [1.807, 2.05) is 0 Å². The second-order valence-electron chi connectivity index (χ2n) is 4.85. The molecule has 0 aromatic heterocycles. The lowest BCUT2D eigenvalue weighted by molar-refractivity contribution is 0.364. The number of halogens is 1. The molecule has 0 unspecified atom stereocenters. The molecule has 1 aromatic rings. The van der Waals surface area contributed by atoms with E-state index in [1.54, 1.807) is 12.1 Å². The van der Waals surface area contributed by atoms with Gasteiger partial charge in [-0.25, -0.2) is 8.42 Å². The van der Waals surface area contributed by atoms with E-state index in [9.17, 15) is 8.42 Å². The fraction of sp³-hybridized carbons (Fsp3) is 0.538. The van der Waals surface area contributed by atoms with Gasteiger partial charge < -0.3 is 5.73 Å². The molecule has 0 saturated carbocycles. The van der Waals surface area contributed by atoms with E-state index >= 15 is 0 Å². The largest absolute Gasteiger partial charge is 0.398 e. The monoisotopic (exact) mass is 302 g/mol. The smallest absolute Gasteiger partial charge is 0.245 e. The zero-order valence-electron chi connectivity index (χ0n) is 10.8. The van der Waals surface area contributed by atoms with Gasteiger partial charge in [-0.2, -0.15) is 4.31 Å². The van der Waals surface area contributed by atoms with E-state index in [2.05, 4.69) is 0 Å². The van der Waals surface area contributed by atoms with Crippen molar-refractivity contribution in [3.05, 3.63) is 23.2 Å². The molecule has 6 heteroatoms. The predicted molar refractivity (Wildman–Crippen MR) is 77.7 cm³/mol. The molecule has 0 atom stereocenters. The first-order chi connectivity index (χ1) is 9.01. The number of benzene rings is 1. The minimum Gasteiger partial charge on any atom is -0.398 e. The third-order valence-electron chi connectivity index (χ3n) is 3.41. The Hall–Kier alpha value is -0.780. The SMILES string of the molecule is Nc1ccc(Cl)cc1S(=O)(=O)N1CCCCCCC1. The molecule has 0 spiro atoms. The Balaban J connectivity index is 2.31. The molecule has 0 radical (unpaired) electrons. The molecule has 1 aliphatic heterocycles. The first kappa shape index (κ1) is 14.6. The maximum Gasteiger partial charge on any atom is 0.245 e. The van der Waals surface area contributed by atoms with E-state index < -0.39 is 10.0 Å². The Morgan fingerprint density at radius 2 is 1.63 bits per heavy atom. The fourth-order valence-electron chi connectivity index (χ4n) is 2.33. The Morgan fingerprint density at radius 1 is 1.05 bits per heavy atom. The molecule has 1 saturated heterocycles. The number of nitrogens with zero attached hydrogens (tertiary/aromatic N) is 1. The summed E-state index contributed by atoms with van der Waals surface area (Å²) < 4.78 is 26.8. The van der Waals surface area contributed by atoms with Crippen molar-refractivity contribution in [2.24, 2.45) is 0 Å². The fourth-order valence-corrected chi connectivity index (χ4v) is 4.23. The topological polar surface area (TPSA) is 63.4 Å². The summed E-state index contributed by atoms with van der Waals surface area (Å²) in [5, 5.41) is 0.389. The van der Waals surface area contributed by atoms with Gasteiger partial charge in [-0.05, 0) is 31.0 Å². The van der Waals surface area contributed by atoms with Crippen LogP contribution in [0.1, 0.15) is 32.1 Å². The van der Waals surface area contributed by atoms with Crippen molar-refractivity contribution in [3.63, 3.8) is 0 Å². The van der Waals surface area contributed by atoms with Crippen LogP contribution in [-0.2, 0) is 10.0 Å². The Labute approximate surface area is 119 Å². The molecule has 0 bridgehead atoms. The summed E-state index contributed by atoms with van der Waals surface area (Å²) in [6.07, 6.45) is 5.15. The molecule has 1 fully saturated rings. The van der Waals surface area contributed by atoms with Gasteiger partial charge in [-0.1, -0.05) is 30.9 Å². The van der Waals surface area contributed by atoms with Gasteiger partial charge in [-0.15, -0.1) is 0 Å². The summed E-state index contributed by atoms with van der Waals surface area (Å²) in [7, 11) is -3.53. The Morgan fingerprint density at radius 3 is 2.26 bits per heavy atom. The van der Waals surface area contributed by atoms with Crippen LogP contribution in [0, 0.1) is 0 Å². The molecular formula is C13H19ClN2O2S. The number of rotatable bonds is 2. The maximum atomic E-state index is 12.6. The van der Waals surface area contributed by atoms with Gasteiger partial charge in [0.2, 0.25) is 10.0 Å². The molecule has 2 rings (SSSR count). The highest BCUT2D eigenvalue weighted by atomic mass is 35.5. The van der Waals surface area contributed by atoms with E-state index in [4.69, 9.17) is 17.3 Å². The molecule has 1 heterocycles. The van der Waals surface area contributed by atoms with Crippen molar-refractivity contribution in [1.82, 2.24) is 4.31 Å². The minimum atomic E-state index is -3.53. The van der Waals surface area contributed by atoms with Crippen LogP contribution in [0.15, 0.2) is 23.1 Å². The van der Waals surface area contributed by atoms with Crippen LogP contribution in [0.25, 0.3) is 0 Å². The van der Waals surface area contributed by atoms with Gasteiger partial charge in [0.15, 0.2) is 0 Å². The zero-order valence-corrected chi connectivity index (χ0v) is 12.4. The number of nitrogens with two attached hydrogens (primary N) is 1. The molecule has 0 aliphatic carbocycles. The number of anilines is 1. The molecule has 19 heavy (non-hydrogen) atoms. The summed E-state index contributed by atoms with van der Waals surface area (Å²) in [5.41, 5.74) is 6.04. The van der Waals surface area contributed by atoms with Gasteiger partial charge >= 0.3 is 0 Å². The van der Waals surface area contributed by atoms with Crippen LogP contribution in [0.2, 0.25) is 5.02 Å². The van der Waals surface area contributed by atoms with E-state index in [-0.39, 0.29) is 10.6 Å². The van der Waals surface area contributed by atoms with E-state index in [1.165, 1.54) is 16.8 Å². The Bertz CT molecular complexity index is 538. The average molecular weight is 303 g/mol. The van der Waals surface area contributed by atoms with Crippen molar-refractivity contribution in [3.8, 4) is 0 Å². The van der Waals surface area contributed by atoms with Gasteiger partial charge in [0, 0.05) is 18.1 Å². The van der Waals surface area contributed by atoms with Crippen molar-refractivity contribution >= 4 is 27.3 Å². The standard InChI is InChI=1S/C13H19ClN2O2S/c14-11-6-7-12(15)13(10-11)19(17,18)16-8-4-2-1-3-5-9-16/h6-7,10H,1-5,8-9,15H2. The lowest BCUT2D eigenvalue weighted by Crippen LogP contribution is -2.34. The van der Waals surface area contributed by atoms with Crippen LogP contribution < -0.4 is 5.73 Å². The van der Waals surface area contributed by atoms with Gasteiger partial charge in [-0.3, -0.25) is 0 Å². The number of sulfonamides is 1. The van der Waals surface area contributed by atoms with Crippen molar-refractivity contribution in [2.75, 3.05) is 18.8 Å². The molecule has 106 valence electrons. The van der Waals surface area contributed by atoms with Crippen LogP contribution in [0.3, 0.4) is 0 Å². The first-order valence-electron chi connectivity index (χ1n) is 6.57. The minimum absolute atomic E-state index is 0.126. The van der Waals surface area contributed by atoms with Crippen LogP contribution in [0.4, 0.5) is 5.69 Å². The second-order valence-corrected chi connectivity index (χ2v) is 7.20. The van der Waals surface area contributed by atoms with Crippen molar-refractivity contribution < 1.29 is 8.42 Å². The lowest BCUT2D eigenvalue weighted by atomic mass is 10.1.